The molecule has 2 aromatic carbocycles. The minimum absolute atomic E-state index is 0.200. The van der Waals surface area contributed by atoms with Gasteiger partial charge in [-0.2, -0.15) is 0 Å². The highest BCUT2D eigenvalue weighted by atomic mass is 35.5. The minimum atomic E-state index is -0.545. The molecule has 3 rings (SSSR count). The maximum Gasteiger partial charge on any atom is 0.129 e. The van der Waals surface area contributed by atoms with E-state index in [4.69, 9.17) is 27.9 Å². The summed E-state index contributed by atoms with van der Waals surface area (Å²) < 4.78 is 19.8. The molecule has 0 amide bonds. The Labute approximate surface area is 133 Å². The van der Waals surface area contributed by atoms with Crippen molar-refractivity contribution in [2.45, 2.75) is 31.2 Å². The van der Waals surface area contributed by atoms with Crippen molar-refractivity contribution in [3.8, 4) is 5.75 Å². The van der Waals surface area contributed by atoms with Gasteiger partial charge < -0.3 is 4.74 Å². The van der Waals surface area contributed by atoms with E-state index in [0.29, 0.717) is 10.6 Å². The summed E-state index contributed by atoms with van der Waals surface area (Å²) in [6.07, 6.45) is 0.822. The maximum absolute atomic E-state index is 14.0. The highest BCUT2D eigenvalue weighted by Crippen LogP contribution is 2.39. The van der Waals surface area contributed by atoms with Gasteiger partial charge >= 0.3 is 0 Å². The number of rotatable bonds is 2. The Hall–Kier alpha value is -1.25. The quantitative estimate of drug-likeness (QED) is 0.661. The lowest BCUT2D eigenvalue weighted by molar-refractivity contribution is 0.138. The summed E-state index contributed by atoms with van der Waals surface area (Å²) in [4.78, 5) is 0. The third-order valence-corrected chi connectivity index (χ3v) is 4.34. The predicted octanol–water partition coefficient (Wildman–Crippen LogP) is 5.52. The Morgan fingerprint density at radius 1 is 1.19 bits per heavy atom. The maximum atomic E-state index is 14.0. The second kappa shape index (κ2) is 5.19. The summed E-state index contributed by atoms with van der Waals surface area (Å²) >= 11 is 12.2. The van der Waals surface area contributed by atoms with E-state index in [1.54, 1.807) is 12.1 Å². The molecule has 4 heteroatoms. The molecule has 0 saturated carbocycles. The van der Waals surface area contributed by atoms with Crippen molar-refractivity contribution in [3.05, 3.63) is 63.9 Å². The fourth-order valence-corrected chi connectivity index (χ4v) is 3.15. The summed E-state index contributed by atoms with van der Waals surface area (Å²) in [5, 5.41) is -0.180. The van der Waals surface area contributed by atoms with Crippen LogP contribution < -0.4 is 4.74 Å². The highest BCUT2D eigenvalue weighted by Gasteiger charge is 2.30. The SMILES string of the molecule is CC1(C)Cc2cc(C(Cl)c3ccc(Cl)cc3F)ccc2O1. The van der Waals surface area contributed by atoms with Crippen molar-refractivity contribution in [2.24, 2.45) is 0 Å². The molecule has 0 spiro atoms. The van der Waals surface area contributed by atoms with E-state index in [9.17, 15) is 4.39 Å². The van der Waals surface area contributed by atoms with E-state index in [-0.39, 0.29) is 11.4 Å². The van der Waals surface area contributed by atoms with Gasteiger partial charge in [-0.1, -0.05) is 29.8 Å². The zero-order valence-electron chi connectivity index (χ0n) is 11.8. The molecule has 1 nitrogen and oxygen atoms in total. The molecule has 0 bridgehead atoms. The normalized spacial score (nSPS) is 17.2. The van der Waals surface area contributed by atoms with Gasteiger partial charge in [0.1, 0.15) is 17.2 Å². The third kappa shape index (κ3) is 2.88. The molecular weight excluding hydrogens is 310 g/mol. The fraction of sp³-hybridized carbons (Fsp3) is 0.294. The van der Waals surface area contributed by atoms with Gasteiger partial charge in [-0.3, -0.25) is 0 Å². The zero-order chi connectivity index (χ0) is 15.2. The van der Waals surface area contributed by atoms with Crippen LogP contribution in [0.2, 0.25) is 5.02 Å². The van der Waals surface area contributed by atoms with Crippen molar-refractivity contribution < 1.29 is 9.13 Å². The minimum Gasteiger partial charge on any atom is -0.487 e. The number of ether oxygens (including phenoxy) is 1. The van der Waals surface area contributed by atoms with Crippen LogP contribution in [0.3, 0.4) is 0 Å². The van der Waals surface area contributed by atoms with E-state index in [1.807, 2.05) is 32.0 Å². The first-order chi connectivity index (χ1) is 9.85. The number of hydrogen-bond donors (Lipinski definition) is 0. The second-order valence-electron chi connectivity index (χ2n) is 5.93. The fourth-order valence-electron chi connectivity index (χ4n) is 2.67. The van der Waals surface area contributed by atoms with Crippen molar-refractivity contribution in [1.82, 2.24) is 0 Å². The highest BCUT2D eigenvalue weighted by molar-refractivity contribution is 6.30. The summed E-state index contributed by atoms with van der Waals surface area (Å²) in [6.45, 7) is 4.09. The Bertz CT molecular complexity index is 697. The first-order valence-electron chi connectivity index (χ1n) is 6.76. The smallest absolute Gasteiger partial charge is 0.129 e. The molecule has 0 fully saturated rings. The Kier molecular flexibility index (Phi) is 3.62. The Morgan fingerprint density at radius 2 is 1.95 bits per heavy atom. The summed E-state index contributed by atoms with van der Waals surface area (Å²) in [7, 11) is 0. The Balaban J connectivity index is 1.95. The van der Waals surface area contributed by atoms with Crippen LogP contribution in [0.4, 0.5) is 4.39 Å². The van der Waals surface area contributed by atoms with Gasteiger partial charge in [0.25, 0.3) is 0 Å². The standard InChI is InChI=1S/C17H15Cl2FO/c1-17(2)9-11-7-10(3-6-15(11)21-17)16(19)13-5-4-12(18)8-14(13)20/h3-8,16H,9H2,1-2H3. The van der Waals surface area contributed by atoms with Crippen molar-refractivity contribution in [2.75, 3.05) is 0 Å². The van der Waals surface area contributed by atoms with Crippen LogP contribution in [0.15, 0.2) is 36.4 Å². The molecule has 0 aromatic heterocycles. The van der Waals surface area contributed by atoms with Crippen LogP contribution in [-0.2, 0) is 6.42 Å². The number of alkyl halides is 1. The molecular formula is C17H15Cl2FO. The molecule has 0 saturated heterocycles. The molecule has 21 heavy (non-hydrogen) atoms. The van der Waals surface area contributed by atoms with Gasteiger partial charge in [0.05, 0.1) is 5.38 Å². The van der Waals surface area contributed by atoms with Crippen LogP contribution >= 0.6 is 23.2 Å². The average Bonchev–Trinajstić information content (AvgIpc) is 2.70. The average molecular weight is 325 g/mol. The lowest BCUT2D eigenvalue weighted by Gasteiger charge is -2.16. The van der Waals surface area contributed by atoms with E-state index >= 15 is 0 Å². The molecule has 2 aromatic rings. The molecule has 1 unspecified atom stereocenters. The van der Waals surface area contributed by atoms with Crippen LogP contribution in [-0.4, -0.2) is 5.60 Å². The molecule has 1 aliphatic rings. The number of hydrogen-bond acceptors (Lipinski definition) is 1. The zero-order valence-corrected chi connectivity index (χ0v) is 13.3. The van der Waals surface area contributed by atoms with E-state index in [2.05, 4.69) is 0 Å². The van der Waals surface area contributed by atoms with Gasteiger partial charge in [0.2, 0.25) is 0 Å². The molecule has 0 aliphatic carbocycles. The topological polar surface area (TPSA) is 9.23 Å². The monoisotopic (exact) mass is 324 g/mol. The van der Waals surface area contributed by atoms with Crippen LogP contribution in [0, 0.1) is 5.82 Å². The Morgan fingerprint density at radius 3 is 2.67 bits per heavy atom. The van der Waals surface area contributed by atoms with Gasteiger partial charge in [-0.05, 0) is 43.2 Å². The second-order valence-corrected chi connectivity index (χ2v) is 6.81. The number of fused-ring (bicyclic) bond motifs is 1. The lowest BCUT2D eigenvalue weighted by atomic mass is 9.97. The van der Waals surface area contributed by atoms with E-state index in [1.165, 1.54) is 6.07 Å². The van der Waals surface area contributed by atoms with Gasteiger partial charge in [-0.15, -0.1) is 11.6 Å². The van der Waals surface area contributed by atoms with Crippen LogP contribution in [0.5, 0.6) is 5.75 Å². The summed E-state index contributed by atoms with van der Waals surface area (Å²) in [5.41, 5.74) is 2.20. The predicted molar refractivity (Wildman–Crippen MR) is 84.0 cm³/mol. The van der Waals surface area contributed by atoms with Crippen molar-refractivity contribution >= 4 is 23.2 Å². The number of halogens is 3. The molecule has 110 valence electrons. The van der Waals surface area contributed by atoms with E-state index < -0.39 is 5.38 Å². The van der Waals surface area contributed by atoms with Gasteiger partial charge in [0, 0.05) is 17.0 Å². The lowest BCUT2D eigenvalue weighted by Crippen LogP contribution is -2.24. The molecule has 0 N–H and O–H groups in total. The van der Waals surface area contributed by atoms with Gasteiger partial charge in [0.15, 0.2) is 0 Å². The summed E-state index contributed by atoms with van der Waals surface area (Å²) in [5.74, 6) is 0.490. The molecule has 0 radical (unpaired) electrons. The third-order valence-electron chi connectivity index (χ3n) is 3.62. The van der Waals surface area contributed by atoms with Crippen molar-refractivity contribution in [3.63, 3.8) is 0 Å². The summed E-state index contributed by atoms with van der Waals surface area (Å²) in [6, 6.07) is 10.3. The van der Waals surface area contributed by atoms with Crippen molar-refractivity contribution in [1.29, 1.82) is 0 Å². The van der Waals surface area contributed by atoms with Crippen LogP contribution in [0.25, 0.3) is 0 Å². The molecule has 1 atom stereocenters. The largest absolute Gasteiger partial charge is 0.487 e. The number of benzene rings is 2. The van der Waals surface area contributed by atoms with E-state index in [0.717, 1.165) is 23.3 Å². The molecule has 1 aliphatic heterocycles. The molecule has 1 heterocycles. The van der Waals surface area contributed by atoms with Gasteiger partial charge in [-0.25, -0.2) is 4.39 Å². The first-order valence-corrected chi connectivity index (χ1v) is 7.58. The first kappa shape index (κ1) is 14.7. The van der Waals surface area contributed by atoms with Crippen LogP contribution in [0.1, 0.15) is 35.9 Å².